The normalized spacial score (nSPS) is 13.6. The first-order valence-electron chi connectivity index (χ1n) is 6.76. The third kappa shape index (κ3) is 4.66. The maximum Gasteiger partial charge on any atom is 0.328 e. The summed E-state index contributed by atoms with van der Waals surface area (Å²) in [5, 5.41) is 20.5. The number of carboxylic acids is 1. The maximum atomic E-state index is 11.9. The van der Waals surface area contributed by atoms with Crippen molar-refractivity contribution in [1.82, 2.24) is 5.32 Å². The first-order chi connectivity index (χ1) is 9.45. The zero-order valence-corrected chi connectivity index (χ0v) is 11.8. The Balaban J connectivity index is 2.69. The van der Waals surface area contributed by atoms with Gasteiger partial charge >= 0.3 is 5.97 Å². The van der Waals surface area contributed by atoms with Crippen molar-refractivity contribution in [1.29, 1.82) is 0 Å². The van der Waals surface area contributed by atoms with Gasteiger partial charge in [0.15, 0.2) is 6.04 Å². The third-order valence-corrected chi connectivity index (χ3v) is 3.07. The molecule has 0 fully saturated rings. The van der Waals surface area contributed by atoms with Crippen molar-refractivity contribution < 1.29 is 19.8 Å². The summed E-state index contributed by atoms with van der Waals surface area (Å²) in [6, 6.07) is 5.76. The highest BCUT2D eigenvalue weighted by Gasteiger charge is 2.25. The van der Waals surface area contributed by atoms with Crippen LogP contribution in [0.1, 0.15) is 42.6 Å². The molecule has 2 atom stereocenters. The molecule has 0 radical (unpaired) electrons. The molecular weight excluding hydrogens is 258 g/mol. The summed E-state index contributed by atoms with van der Waals surface area (Å²) in [6.07, 6.45) is 2.01. The highest BCUT2D eigenvalue weighted by atomic mass is 16.4. The van der Waals surface area contributed by atoms with Crippen molar-refractivity contribution in [3.63, 3.8) is 0 Å². The number of rotatable bonds is 7. The van der Waals surface area contributed by atoms with Gasteiger partial charge in [0.05, 0.1) is 6.10 Å². The maximum absolute atomic E-state index is 11.9. The Labute approximate surface area is 118 Å². The van der Waals surface area contributed by atoms with E-state index in [1.54, 1.807) is 12.1 Å². The minimum absolute atomic E-state index is 0.386. The molecule has 0 aliphatic heterocycles. The van der Waals surface area contributed by atoms with Crippen molar-refractivity contribution in [3.8, 4) is 0 Å². The monoisotopic (exact) mass is 279 g/mol. The number of unbranched alkanes of at least 4 members (excludes halogenated alkanes) is 1. The van der Waals surface area contributed by atoms with Gasteiger partial charge in [-0.25, -0.2) is 4.79 Å². The molecule has 0 saturated carbocycles. The molecule has 1 aromatic rings. The number of benzene rings is 1. The van der Waals surface area contributed by atoms with E-state index in [9.17, 15) is 14.7 Å². The lowest BCUT2D eigenvalue weighted by atomic mass is 10.1. The van der Waals surface area contributed by atoms with Gasteiger partial charge in [-0.15, -0.1) is 0 Å². The summed E-state index contributed by atoms with van der Waals surface area (Å²) in [5.74, 6) is -1.76. The Morgan fingerprint density at radius 2 is 1.85 bits per heavy atom. The van der Waals surface area contributed by atoms with Gasteiger partial charge in [0.1, 0.15) is 0 Å². The second-order valence-corrected chi connectivity index (χ2v) is 4.83. The van der Waals surface area contributed by atoms with Crippen LogP contribution in [0.15, 0.2) is 24.3 Å². The summed E-state index contributed by atoms with van der Waals surface area (Å²) in [7, 11) is 0. The molecule has 0 aliphatic rings. The van der Waals surface area contributed by atoms with Crippen LogP contribution in [0.4, 0.5) is 0 Å². The van der Waals surface area contributed by atoms with Crippen LogP contribution in [0.3, 0.4) is 0 Å². The fraction of sp³-hybridized carbons (Fsp3) is 0.467. The highest BCUT2D eigenvalue weighted by molar-refractivity contribution is 5.96. The van der Waals surface area contributed by atoms with Gasteiger partial charge in [0.25, 0.3) is 5.91 Å². The van der Waals surface area contributed by atoms with Gasteiger partial charge < -0.3 is 15.5 Å². The molecule has 0 heterocycles. The van der Waals surface area contributed by atoms with Crippen molar-refractivity contribution in [2.45, 2.75) is 45.3 Å². The van der Waals surface area contributed by atoms with Gasteiger partial charge in [-0.1, -0.05) is 25.5 Å². The number of amides is 1. The largest absolute Gasteiger partial charge is 0.480 e. The standard InChI is InChI=1S/C15H21NO4/c1-3-4-5-11-6-8-12(9-7-11)14(18)16-13(10(2)17)15(19)20/h6-10,13,17H,3-5H2,1-2H3,(H,16,18)(H,19,20). The minimum atomic E-state index is -1.30. The molecule has 5 heteroatoms. The first kappa shape index (κ1) is 16.2. The fourth-order valence-electron chi connectivity index (χ4n) is 1.82. The molecule has 3 N–H and O–H groups in total. The quantitative estimate of drug-likeness (QED) is 0.707. The van der Waals surface area contributed by atoms with Crippen LogP contribution in [-0.2, 0) is 11.2 Å². The van der Waals surface area contributed by atoms with E-state index < -0.39 is 24.0 Å². The van der Waals surface area contributed by atoms with E-state index in [0.29, 0.717) is 5.56 Å². The van der Waals surface area contributed by atoms with Crippen LogP contribution in [0.25, 0.3) is 0 Å². The smallest absolute Gasteiger partial charge is 0.328 e. The number of aliphatic hydroxyl groups excluding tert-OH is 1. The second-order valence-electron chi connectivity index (χ2n) is 4.83. The molecule has 0 aromatic heterocycles. The number of hydrogen-bond acceptors (Lipinski definition) is 3. The summed E-state index contributed by atoms with van der Waals surface area (Å²) < 4.78 is 0. The van der Waals surface area contributed by atoms with E-state index in [-0.39, 0.29) is 0 Å². The van der Waals surface area contributed by atoms with E-state index in [1.807, 2.05) is 12.1 Å². The topological polar surface area (TPSA) is 86.6 Å². The molecule has 1 rings (SSSR count). The van der Waals surface area contributed by atoms with Crippen LogP contribution in [-0.4, -0.2) is 34.2 Å². The minimum Gasteiger partial charge on any atom is -0.480 e. The number of hydrogen-bond donors (Lipinski definition) is 3. The van der Waals surface area contributed by atoms with E-state index in [2.05, 4.69) is 12.2 Å². The van der Waals surface area contributed by atoms with E-state index >= 15 is 0 Å². The molecule has 0 spiro atoms. The van der Waals surface area contributed by atoms with Gasteiger partial charge in [0, 0.05) is 5.56 Å². The molecule has 0 aliphatic carbocycles. The zero-order valence-electron chi connectivity index (χ0n) is 11.8. The van der Waals surface area contributed by atoms with Crippen molar-refractivity contribution in [2.24, 2.45) is 0 Å². The first-order valence-corrected chi connectivity index (χ1v) is 6.76. The SMILES string of the molecule is CCCCc1ccc(C(=O)NC(C(=O)O)C(C)O)cc1. The average molecular weight is 279 g/mol. The Kier molecular flexibility index (Phi) is 6.18. The predicted octanol–water partition coefficient (Wildman–Crippen LogP) is 1.59. The Morgan fingerprint density at radius 1 is 1.25 bits per heavy atom. The van der Waals surface area contributed by atoms with Crippen molar-refractivity contribution in [2.75, 3.05) is 0 Å². The fourth-order valence-corrected chi connectivity index (χ4v) is 1.82. The van der Waals surface area contributed by atoms with Crippen molar-refractivity contribution in [3.05, 3.63) is 35.4 Å². The lowest BCUT2D eigenvalue weighted by molar-refractivity contribution is -0.141. The average Bonchev–Trinajstić information content (AvgIpc) is 2.42. The summed E-state index contributed by atoms with van der Waals surface area (Å²) in [6.45, 7) is 3.44. The highest BCUT2D eigenvalue weighted by Crippen LogP contribution is 2.08. The Hall–Kier alpha value is -1.88. The number of aliphatic hydroxyl groups is 1. The number of carbonyl (C=O) groups excluding carboxylic acids is 1. The van der Waals surface area contributed by atoms with Crippen LogP contribution in [0.5, 0.6) is 0 Å². The lowest BCUT2D eigenvalue weighted by Gasteiger charge is -2.17. The molecule has 1 amide bonds. The number of carboxylic acid groups (broad SMARTS) is 1. The second kappa shape index (κ2) is 7.65. The van der Waals surface area contributed by atoms with Gasteiger partial charge in [-0.05, 0) is 37.5 Å². The van der Waals surface area contributed by atoms with Crippen LogP contribution in [0, 0.1) is 0 Å². The zero-order chi connectivity index (χ0) is 15.1. The molecule has 20 heavy (non-hydrogen) atoms. The van der Waals surface area contributed by atoms with E-state index in [1.165, 1.54) is 6.92 Å². The van der Waals surface area contributed by atoms with Gasteiger partial charge in [-0.2, -0.15) is 0 Å². The summed E-state index contributed by atoms with van der Waals surface area (Å²) >= 11 is 0. The summed E-state index contributed by atoms with van der Waals surface area (Å²) in [4.78, 5) is 22.8. The summed E-state index contributed by atoms with van der Waals surface area (Å²) in [5.41, 5.74) is 1.53. The molecule has 1 aromatic carbocycles. The van der Waals surface area contributed by atoms with Crippen LogP contribution < -0.4 is 5.32 Å². The van der Waals surface area contributed by atoms with Crippen molar-refractivity contribution >= 4 is 11.9 Å². The molecule has 0 bridgehead atoms. The Morgan fingerprint density at radius 3 is 2.30 bits per heavy atom. The number of carbonyl (C=O) groups is 2. The predicted molar refractivity (Wildman–Crippen MR) is 75.6 cm³/mol. The van der Waals surface area contributed by atoms with Gasteiger partial charge in [0.2, 0.25) is 0 Å². The third-order valence-electron chi connectivity index (χ3n) is 3.07. The molecule has 0 saturated heterocycles. The molecular formula is C15H21NO4. The van der Waals surface area contributed by atoms with E-state index in [4.69, 9.17) is 5.11 Å². The number of aryl methyl sites for hydroxylation is 1. The Bertz CT molecular complexity index is 453. The van der Waals surface area contributed by atoms with E-state index in [0.717, 1.165) is 24.8 Å². The molecule has 2 unspecified atom stereocenters. The molecule has 110 valence electrons. The van der Waals surface area contributed by atoms with Gasteiger partial charge in [-0.3, -0.25) is 4.79 Å². The molecule has 5 nitrogen and oxygen atoms in total. The number of aliphatic carboxylic acids is 1. The van der Waals surface area contributed by atoms with Crippen LogP contribution in [0.2, 0.25) is 0 Å². The van der Waals surface area contributed by atoms with Crippen LogP contribution >= 0.6 is 0 Å². The number of nitrogens with one attached hydrogen (secondary N) is 1. The lowest BCUT2D eigenvalue weighted by Crippen LogP contribution is -2.47.